The number of imide groups is 1. The molecule has 2 heterocycles. The maximum Gasteiger partial charge on any atom is 0.325 e. The number of hydrogen-bond donors (Lipinski definition) is 1. The maximum atomic E-state index is 13.1. The third-order valence-corrected chi connectivity index (χ3v) is 7.13. The summed E-state index contributed by atoms with van der Waals surface area (Å²) in [6.45, 7) is 4.49. The molecule has 1 aromatic carbocycles. The normalized spacial score (nSPS) is 26.4. The molecule has 2 aliphatic heterocycles. The van der Waals surface area contributed by atoms with Gasteiger partial charge >= 0.3 is 6.03 Å². The molecule has 1 aliphatic carbocycles. The van der Waals surface area contributed by atoms with E-state index in [9.17, 15) is 14.4 Å². The van der Waals surface area contributed by atoms with Gasteiger partial charge in [-0.2, -0.15) is 0 Å². The molecule has 0 radical (unpaired) electrons. The van der Waals surface area contributed by atoms with Gasteiger partial charge in [-0.3, -0.25) is 14.5 Å². The van der Waals surface area contributed by atoms with Crippen molar-refractivity contribution < 1.29 is 19.1 Å². The van der Waals surface area contributed by atoms with Crippen LogP contribution in [0.4, 0.5) is 10.5 Å². The minimum atomic E-state index is -0.798. The first-order chi connectivity index (χ1) is 15.0. The molecule has 1 spiro atoms. The van der Waals surface area contributed by atoms with E-state index in [1.54, 1.807) is 12.0 Å². The molecule has 3 fully saturated rings. The molecule has 8 heteroatoms. The molecule has 1 N–H and O–H groups in total. The van der Waals surface area contributed by atoms with Gasteiger partial charge < -0.3 is 19.9 Å². The lowest BCUT2D eigenvalue weighted by atomic mass is 9.75. The zero-order chi connectivity index (χ0) is 22.0. The van der Waals surface area contributed by atoms with Crippen LogP contribution in [-0.4, -0.2) is 73.0 Å². The lowest BCUT2D eigenvalue weighted by Crippen LogP contribution is -2.52. The number of hydrogen-bond acceptors (Lipinski definition) is 5. The lowest BCUT2D eigenvalue weighted by Gasteiger charge is -2.37. The van der Waals surface area contributed by atoms with Gasteiger partial charge in [0.05, 0.1) is 7.11 Å². The summed E-state index contributed by atoms with van der Waals surface area (Å²) >= 11 is 0. The Morgan fingerprint density at radius 2 is 1.87 bits per heavy atom. The number of benzene rings is 1. The van der Waals surface area contributed by atoms with Crippen molar-refractivity contribution >= 4 is 23.5 Å². The fourth-order valence-corrected chi connectivity index (χ4v) is 4.99. The van der Waals surface area contributed by atoms with Gasteiger partial charge in [0.1, 0.15) is 17.8 Å². The topological polar surface area (TPSA) is 82.2 Å². The highest BCUT2D eigenvalue weighted by Crippen LogP contribution is 2.37. The molecule has 0 bridgehead atoms. The van der Waals surface area contributed by atoms with E-state index < -0.39 is 11.6 Å². The smallest absolute Gasteiger partial charge is 0.325 e. The summed E-state index contributed by atoms with van der Waals surface area (Å²) in [5.41, 5.74) is 0.263. The van der Waals surface area contributed by atoms with Crippen molar-refractivity contribution in [1.29, 1.82) is 0 Å². The molecule has 2 saturated heterocycles. The van der Waals surface area contributed by atoms with E-state index in [0.29, 0.717) is 44.9 Å². The van der Waals surface area contributed by atoms with E-state index in [4.69, 9.17) is 4.74 Å². The van der Waals surface area contributed by atoms with E-state index >= 15 is 0 Å². The van der Waals surface area contributed by atoms with Gasteiger partial charge in [0, 0.05) is 37.9 Å². The number of ether oxygens (including phenoxy) is 1. The second-order valence-corrected chi connectivity index (χ2v) is 8.82. The number of carbonyl (C=O) groups is 3. The molecule has 0 atom stereocenters. The van der Waals surface area contributed by atoms with Crippen molar-refractivity contribution in [2.75, 3.05) is 44.7 Å². The summed E-state index contributed by atoms with van der Waals surface area (Å²) in [6.07, 6.45) is 4.31. The van der Waals surface area contributed by atoms with Crippen LogP contribution in [0, 0.1) is 5.92 Å². The highest BCUT2D eigenvalue weighted by Gasteiger charge is 2.52. The van der Waals surface area contributed by atoms with Gasteiger partial charge in [0.15, 0.2) is 0 Å². The minimum Gasteiger partial charge on any atom is -0.497 e. The molecule has 1 saturated carbocycles. The first kappa shape index (κ1) is 21.5. The molecule has 4 amide bonds. The van der Waals surface area contributed by atoms with Crippen molar-refractivity contribution in [2.45, 2.75) is 44.6 Å². The van der Waals surface area contributed by atoms with Crippen LogP contribution in [0.3, 0.4) is 0 Å². The molecule has 0 unspecified atom stereocenters. The third-order valence-electron chi connectivity index (χ3n) is 7.13. The molecule has 168 valence electrons. The lowest BCUT2D eigenvalue weighted by molar-refractivity contribution is -0.139. The fourth-order valence-electron chi connectivity index (χ4n) is 4.99. The highest BCUT2D eigenvalue weighted by atomic mass is 16.5. The van der Waals surface area contributed by atoms with Gasteiger partial charge in [0.25, 0.3) is 5.91 Å². The Bertz CT molecular complexity index is 842. The fraction of sp³-hybridized carbons (Fsp3) is 0.609. The average Bonchev–Trinajstić information content (AvgIpc) is 3.03. The zero-order valence-corrected chi connectivity index (χ0v) is 18.4. The summed E-state index contributed by atoms with van der Waals surface area (Å²) in [4.78, 5) is 43.5. The number of rotatable bonds is 5. The summed E-state index contributed by atoms with van der Waals surface area (Å²) in [5, 5.41) is 2.91. The van der Waals surface area contributed by atoms with Crippen molar-refractivity contribution in [2.24, 2.45) is 5.92 Å². The molecule has 3 aliphatic rings. The van der Waals surface area contributed by atoms with Crippen LogP contribution in [-0.2, 0) is 9.59 Å². The Kier molecular flexibility index (Phi) is 6.07. The number of piperazine rings is 1. The Hall–Kier alpha value is -2.77. The molecule has 31 heavy (non-hydrogen) atoms. The van der Waals surface area contributed by atoms with Crippen LogP contribution in [0.15, 0.2) is 24.3 Å². The maximum absolute atomic E-state index is 13.1. The van der Waals surface area contributed by atoms with Gasteiger partial charge in [-0.1, -0.05) is 19.4 Å². The minimum absolute atomic E-state index is 0.173. The molecule has 1 aromatic rings. The predicted octanol–water partition coefficient (Wildman–Crippen LogP) is 2.23. The number of urea groups is 1. The van der Waals surface area contributed by atoms with E-state index in [0.717, 1.165) is 35.6 Å². The number of amides is 4. The third kappa shape index (κ3) is 4.20. The molecule has 0 aromatic heterocycles. The largest absolute Gasteiger partial charge is 0.497 e. The van der Waals surface area contributed by atoms with Crippen molar-refractivity contribution in [3.8, 4) is 5.75 Å². The standard InChI is InChI=1S/C23H32N4O4/c1-3-17-7-9-23(10-8-17)21(29)27(22(30)24-23)16-20(28)26-13-11-25(12-14-26)18-5-4-6-19(15-18)31-2/h4-6,15,17H,3,7-14,16H2,1-2H3,(H,24,30). The predicted molar refractivity (Wildman–Crippen MR) is 117 cm³/mol. The van der Waals surface area contributed by atoms with Gasteiger partial charge in [-0.25, -0.2) is 4.79 Å². The summed E-state index contributed by atoms with van der Waals surface area (Å²) in [5.74, 6) is 1.02. The van der Waals surface area contributed by atoms with Crippen LogP contribution in [0.1, 0.15) is 39.0 Å². The second-order valence-electron chi connectivity index (χ2n) is 8.82. The summed E-state index contributed by atoms with van der Waals surface area (Å²) in [6, 6.07) is 7.44. The molecule has 8 nitrogen and oxygen atoms in total. The van der Waals surface area contributed by atoms with Crippen LogP contribution in [0.25, 0.3) is 0 Å². The molecule has 4 rings (SSSR count). The highest BCUT2D eigenvalue weighted by molar-refractivity contribution is 6.09. The summed E-state index contributed by atoms with van der Waals surface area (Å²) < 4.78 is 5.29. The zero-order valence-electron chi connectivity index (χ0n) is 18.4. The van der Waals surface area contributed by atoms with Crippen molar-refractivity contribution in [3.63, 3.8) is 0 Å². The molecular formula is C23H32N4O4. The average molecular weight is 429 g/mol. The number of anilines is 1. The number of nitrogens with zero attached hydrogens (tertiary/aromatic N) is 3. The Morgan fingerprint density at radius 1 is 1.16 bits per heavy atom. The number of methoxy groups -OCH3 is 1. The van der Waals surface area contributed by atoms with Gasteiger partial charge in [-0.05, 0) is 43.7 Å². The first-order valence-corrected chi connectivity index (χ1v) is 11.3. The van der Waals surface area contributed by atoms with Gasteiger partial charge in [-0.15, -0.1) is 0 Å². The van der Waals surface area contributed by atoms with E-state index in [1.807, 2.05) is 24.3 Å². The Labute approximate surface area is 183 Å². The SMILES string of the molecule is CCC1CCC2(CC1)NC(=O)N(CC(=O)N1CCN(c3cccc(OC)c3)CC1)C2=O. The van der Waals surface area contributed by atoms with Crippen LogP contribution >= 0.6 is 0 Å². The number of nitrogens with one attached hydrogen (secondary N) is 1. The van der Waals surface area contributed by atoms with Crippen LogP contribution < -0.4 is 15.0 Å². The van der Waals surface area contributed by atoms with Crippen molar-refractivity contribution in [3.05, 3.63) is 24.3 Å². The van der Waals surface area contributed by atoms with E-state index in [1.165, 1.54) is 0 Å². The first-order valence-electron chi connectivity index (χ1n) is 11.3. The van der Waals surface area contributed by atoms with E-state index in [2.05, 4.69) is 17.1 Å². The quantitative estimate of drug-likeness (QED) is 0.728. The van der Waals surface area contributed by atoms with Crippen LogP contribution in [0.2, 0.25) is 0 Å². The monoisotopic (exact) mass is 428 g/mol. The van der Waals surface area contributed by atoms with Crippen LogP contribution in [0.5, 0.6) is 5.75 Å². The second kappa shape index (κ2) is 8.77. The van der Waals surface area contributed by atoms with Crippen molar-refractivity contribution in [1.82, 2.24) is 15.1 Å². The Balaban J connectivity index is 1.33. The van der Waals surface area contributed by atoms with Gasteiger partial charge in [0.2, 0.25) is 5.91 Å². The molecular weight excluding hydrogens is 396 g/mol. The number of carbonyl (C=O) groups excluding carboxylic acids is 3. The summed E-state index contributed by atoms with van der Waals surface area (Å²) in [7, 11) is 1.64. The van der Waals surface area contributed by atoms with E-state index in [-0.39, 0.29) is 18.4 Å². The Morgan fingerprint density at radius 3 is 2.52 bits per heavy atom.